The number of hydrogen-bond donors (Lipinski definition) is 2. The molecule has 0 radical (unpaired) electrons. The Balaban J connectivity index is 1.58. The maximum atomic E-state index is 13.3. The summed E-state index contributed by atoms with van der Waals surface area (Å²) >= 11 is 5.62. The number of likely N-dealkylation sites (tertiary alicyclic amines) is 1. The van der Waals surface area contributed by atoms with Crippen LogP contribution in [-0.2, 0) is 21.0 Å². The van der Waals surface area contributed by atoms with Crippen molar-refractivity contribution in [2.24, 2.45) is 0 Å². The van der Waals surface area contributed by atoms with Crippen molar-refractivity contribution in [2.45, 2.75) is 30.0 Å². The van der Waals surface area contributed by atoms with Gasteiger partial charge in [0.05, 0.1) is 17.0 Å². The number of carbonyl (C=O) groups excluding carboxylic acids is 1. The Morgan fingerprint density at radius 1 is 1.10 bits per heavy atom. The van der Waals surface area contributed by atoms with Gasteiger partial charge < -0.3 is 5.32 Å². The number of nitrogens with one attached hydrogen (secondary N) is 2. The van der Waals surface area contributed by atoms with Crippen LogP contribution in [0, 0.1) is 0 Å². The largest absolute Gasteiger partial charge is 0.417 e. The third-order valence-corrected chi connectivity index (χ3v) is 6.68. The lowest BCUT2D eigenvalue weighted by atomic mass is 10.1. The van der Waals surface area contributed by atoms with E-state index in [1.54, 1.807) is 24.3 Å². The van der Waals surface area contributed by atoms with Crippen LogP contribution < -0.4 is 10.0 Å². The van der Waals surface area contributed by atoms with Gasteiger partial charge in [0.15, 0.2) is 0 Å². The van der Waals surface area contributed by atoms with E-state index in [4.69, 9.17) is 11.6 Å². The quantitative estimate of drug-likeness (QED) is 0.667. The first-order valence-corrected chi connectivity index (χ1v) is 11.4. The lowest BCUT2D eigenvalue weighted by molar-refractivity contribution is -0.139. The van der Waals surface area contributed by atoms with E-state index in [-0.39, 0.29) is 17.5 Å². The Kier molecular flexibility index (Phi) is 7.25. The van der Waals surface area contributed by atoms with Crippen molar-refractivity contribution < 1.29 is 26.4 Å². The van der Waals surface area contributed by atoms with E-state index < -0.39 is 32.7 Å². The van der Waals surface area contributed by atoms with E-state index in [2.05, 4.69) is 10.0 Å². The molecule has 3 rings (SSSR count). The van der Waals surface area contributed by atoms with Gasteiger partial charge in [0.1, 0.15) is 0 Å². The number of piperidine rings is 1. The molecule has 1 fully saturated rings. The Morgan fingerprint density at radius 2 is 1.74 bits per heavy atom. The second-order valence-electron chi connectivity index (χ2n) is 7.22. The van der Waals surface area contributed by atoms with Crippen molar-refractivity contribution in [1.82, 2.24) is 9.62 Å². The molecule has 0 bridgehead atoms. The molecule has 1 aliphatic rings. The first kappa shape index (κ1) is 23.5. The fraction of sp³-hybridized carbons (Fsp3) is 0.350. The molecule has 1 saturated heterocycles. The van der Waals surface area contributed by atoms with Crippen LogP contribution >= 0.6 is 11.6 Å². The van der Waals surface area contributed by atoms with E-state index in [1.807, 2.05) is 11.0 Å². The summed E-state index contributed by atoms with van der Waals surface area (Å²) in [7, 11) is -4.40. The number of carbonyl (C=O) groups is 1. The van der Waals surface area contributed by atoms with Crippen LogP contribution in [0.1, 0.15) is 18.4 Å². The molecule has 0 aromatic heterocycles. The molecule has 1 aliphatic heterocycles. The van der Waals surface area contributed by atoms with Gasteiger partial charge in [-0.05, 0) is 43.2 Å². The topological polar surface area (TPSA) is 78.5 Å². The first-order valence-electron chi connectivity index (χ1n) is 9.51. The number of para-hydroxylation sites is 1. The maximum absolute atomic E-state index is 13.3. The zero-order valence-electron chi connectivity index (χ0n) is 16.3. The smallest absolute Gasteiger partial charge is 0.325 e. The molecule has 0 spiro atoms. The Morgan fingerprint density at radius 3 is 2.35 bits per heavy atom. The number of alkyl halides is 3. The molecule has 6 nitrogen and oxygen atoms in total. The average molecular weight is 476 g/mol. The second kappa shape index (κ2) is 9.56. The van der Waals surface area contributed by atoms with E-state index in [0.717, 1.165) is 12.1 Å². The minimum Gasteiger partial charge on any atom is -0.325 e. The molecule has 2 N–H and O–H groups in total. The molecule has 2 aromatic carbocycles. The molecule has 1 heterocycles. The Bertz CT molecular complexity index is 1020. The summed E-state index contributed by atoms with van der Waals surface area (Å²) in [4.78, 5) is 13.2. The highest BCUT2D eigenvalue weighted by Crippen LogP contribution is 2.36. The summed E-state index contributed by atoms with van der Waals surface area (Å²) in [6.45, 7) is 1.01. The van der Waals surface area contributed by atoms with Crippen molar-refractivity contribution >= 4 is 33.2 Å². The number of halogens is 4. The van der Waals surface area contributed by atoms with Crippen molar-refractivity contribution in [2.75, 3.05) is 25.0 Å². The third kappa shape index (κ3) is 6.42. The van der Waals surface area contributed by atoms with Crippen molar-refractivity contribution in [3.63, 3.8) is 0 Å². The molecule has 11 heteroatoms. The van der Waals surface area contributed by atoms with Crippen molar-refractivity contribution in [1.29, 1.82) is 0 Å². The fourth-order valence-corrected chi connectivity index (χ4v) is 5.06. The molecule has 0 unspecified atom stereocenters. The highest BCUT2D eigenvalue weighted by molar-refractivity contribution is 7.89. The predicted molar refractivity (Wildman–Crippen MR) is 111 cm³/mol. The van der Waals surface area contributed by atoms with E-state index in [9.17, 15) is 26.4 Å². The van der Waals surface area contributed by atoms with Crippen molar-refractivity contribution in [3.8, 4) is 0 Å². The Hall–Kier alpha value is -2.14. The number of nitrogens with zero attached hydrogens (tertiary/aromatic N) is 1. The Labute approximate surface area is 183 Å². The summed E-state index contributed by atoms with van der Waals surface area (Å²) < 4.78 is 67.4. The standard InChI is InChI=1S/C20H21ClF3N3O3S/c21-14-6-7-18(17(12-14)20(22,23)24)31(29,30)26-16-8-10-27(11-9-16)13-19(28)25-15-4-2-1-3-5-15/h1-7,12,16,26H,8-11,13H2,(H,25,28). The van der Waals surface area contributed by atoms with E-state index in [1.165, 1.54) is 0 Å². The molecular formula is C20H21ClF3N3O3S. The number of rotatable bonds is 6. The summed E-state index contributed by atoms with van der Waals surface area (Å²) in [6, 6.07) is 11.0. The lowest BCUT2D eigenvalue weighted by Crippen LogP contribution is -2.46. The van der Waals surface area contributed by atoms with E-state index in [0.29, 0.717) is 37.7 Å². The lowest BCUT2D eigenvalue weighted by Gasteiger charge is -2.31. The number of hydrogen-bond acceptors (Lipinski definition) is 4. The predicted octanol–water partition coefficient (Wildman–Crippen LogP) is 3.74. The highest BCUT2D eigenvalue weighted by Gasteiger charge is 2.38. The molecule has 0 atom stereocenters. The van der Waals surface area contributed by atoms with Gasteiger partial charge in [-0.3, -0.25) is 9.69 Å². The van der Waals surface area contributed by atoms with Gasteiger partial charge in [0.2, 0.25) is 15.9 Å². The maximum Gasteiger partial charge on any atom is 0.417 e. The zero-order chi connectivity index (χ0) is 22.6. The zero-order valence-corrected chi connectivity index (χ0v) is 17.9. The third-order valence-electron chi connectivity index (χ3n) is 4.87. The molecule has 1 amide bonds. The van der Waals surface area contributed by atoms with Gasteiger partial charge in [-0.25, -0.2) is 13.1 Å². The average Bonchev–Trinajstić information content (AvgIpc) is 2.69. The monoisotopic (exact) mass is 475 g/mol. The van der Waals surface area contributed by atoms with Crippen LogP contribution in [-0.4, -0.2) is 44.9 Å². The fourth-order valence-electron chi connectivity index (χ4n) is 3.37. The number of sulfonamides is 1. The molecule has 0 saturated carbocycles. The summed E-state index contributed by atoms with van der Waals surface area (Å²) in [5, 5.41) is 2.58. The summed E-state index contributed by atoms with van der Waals surface area (Å²) in [5.41, 5.74) is -0.624. The van der Waals surface area contributed by atoms with Gasteiger partial charge >= 0.3 is 6.18 Å². The molecule has 31 heavy (non-hydrogen) atoms. The minimum absolute atomic E-state index is 0.143. The van der Waals surface area contributed by atoms with Gasteiger partial charge in [-0.2, -0.15) is 13.2 Å². The van der Waals surface area contributed by atoms with Crippen LogP contribution in [0.25, 0.3) is 0 Å². The first-order chi connectivity index (χ1) is 14.5. The normalized spacial score (nSPS) is 16.3. The number of amides is 1. The summed E-state index contributed by atoms with van der Waals surface area (Å²) in [6.07, 6.45) is -4.12. The van der Waals surface area contributed by atoms with Crippen LogP contribution in [0.2, 0.25) is 5.02 Å². The van der Waals surface area contributed by atoms with Gasteiger partial charge in [-0.15, -0.1) is 0 Å². The molecule has 0 aliphatic carbocycles. The van der Waals surface area contributed by atoms with Crippen LogP contribution in [0.3, 0.4) is 0 Å². The van der Waals surface area contributed by atoms with Crippen LogP contribution in [0.15, 0.2) is 53.4 Å². The summed E-state index contributed by atoms with van der Waals surface area (Å²) in [5.74, 6) is -0.193. The van der Waals surface area contributed by atoms with Crippen LogP contribution in [0.4, 0.5) is 18.9 Å². The highest BCUT2D eigenvalue weighted by atomic mass is 35.5. The van der Waals surface area contributed by atoms with Crippen LogP contribution in [0.5, 0.6) is 0 Å². The van der Waals surface area contributed by atoms with Gasteiger partial charge in [0, 0.05) is 29.8 Å². The minimum atomic E-state index is -4.86. The van der Waals surface area contributed by atoms with E-state index >= 15 is 0 Å². The second-order valence-corrected chi connectivity index (χ2v) is 9.34. The molecule has 168 valence electrons. The number of anilines is 1. The SMILES string of the molecule is O=C(CN1CCC(NS(=O)(=O)c2ccc(Cl)cc2C(F)(F)F)CC1)Nc1ccccc1. The van der Waals surface area contributed by atoms with Gasteiger partial charge in [0.25, 0.3) is 0 Å². The van der Waals surface area contributed by atoms with Crippen molar-refractivity contribution in [3.05, 3.63) is 59.1 Å². The molecule has 2 aromatic rings. The molecular weight excluding hydrogens is 455 g/mol. The van der Waals surface area contributed by atoms with Gasteiger partial charge in [-0.1, -0.05) is 29.8 Å². The number of benzene rings is 2.